The standard InChI is InChI=1S/C26H31N5O3S2/c1-34-23-14-13-19(17-21(23)29-36(2,32)33)31-25(24(28-26(31)35)20-11-6-7-15-27-20)22-12-8-16-30(22)18-9-4-3-5-10-18/h6-8,11-18,24-25,29H,3-5,9-10H2,1-2H3,(H,28,35)/t24-,25+/m0/s1. The summed E-state index contributed by atoms with van der Waals surface area (Å²) < 4.78 is 34.5. The number of thiocarbonyl (C=S) groups is 1. The van der Waals surface area contributed by atoms with Crippen LogP contribution in [0.1, 0.15) is 61.6 Å². The van der Waals surface area contributed by atoms with Gasteiger partial charge in [0.2, 0.25) is 10.0 Å². The Morgan fingerprint density at radius 2 is 1.92 bits per heavy atom. The van der Waals surface area contributed by atoms with Gasteiger partial charge in [-0.15, -0.1) is 0 Å². The first-order chi connectivity index (χ1) is 17.4. The van der Waals surface area contributed by atoms with Crippen molar-refractivity contribution >= 4 is 38.7 Å². The Bertz CT molecular complexity index is 1340. The van der Waals surface area contributed by atoms with Crippen molar-refractivity contribution in [2.24, 2.45) is 0 Å². The minimum atomic E-state index is -3.51. The van der Waals surface area contributed by atoms with Crippen molar-refractivity contribution in [1.29, 1.82) is 0 Å². The molecule has 10 heteroatoms. The van der Waals surface area contributed by atoms with Crippen molar-refractivity contribution in [3.05, 3.63) is 72.3 Å². The van der Waals surface area contributed by atoms with Crippen LogP contribution in [-0.2, 0) is 10.0 Å². The highest BCUT2D eigenvalue weighted by Crippen LogP contribution is 2.44. The predicted molar refractivity (Wildman–Crippen MR) is 146 cm³/mol. The highest BCUT2D eigenvalue weighted by atomic mass is 32.2. The van der Waals surface area contributed by atoms with Crippen LogP contribution in [0, 0.1) is 0 Å². The van der Waals surface area contributed by atoms with Crippen molar-refractivity contribution in [2.45, 2.75) is 50.2 Å². The molecule has 2 atom stereocenters. The van der Waals surface area contributed by atoms with Gasteiger partial charge >= 0.3 is 0 Å². The van der Waals surface area contributed by atoms with E-state index in [1.54, 1.807) is 18.3 Å². The summed E-state index contributed by atoms with van der Waals surface area (Å²) in [6, 6.07) is 15.7. The van der Waals surface area contributed by atoms with E-state index in [9.17, 15) is 8.42 Å². The average Bonchev–Trinajstić information content (AvgIpc) is 3.48. The van der Waals surface area contributed by atoms with Crippen LogP contribution in [0.15, 0.2) is 60.9 Å². The Balaban J connectivity index is 1.62. The highest BCUT2D eigenvalue weighted by molar-refractivity contribution is 7.92. The van der Waals surface area contributed by atoms with Crippen molar-refractivity contribution < 1.29 is 13.2 Å². The van der Waals surface area contributed by atoms with Gasteiger partial charge in [0.25, 0.3) is 0 Å². The molecule has 2 aromatic heterocycles. The summed E-state index contributed by atoms with van der Waals surface area (Å²) in [5.41, 5.74) is 3.17. The Morgan fingerprint density at radius 3 is 2.61 bits per heavy atom. The molecule has 8 nitrogen and oxygen atoms in total. The van der Waals surface area contributed by atoms with Crippen LogP contribution in [0.4, 0.5) is 11.4 Å². The molecule has 190 valence electrons. The Hall–Kier alpha value is -3.11. The Kier molecular flexibility index (Phi) is 6.90. The summed E-state index contributed by atoms with van der Waals surface area (Å²) in [6.45, 7) is 0. The number of ether oxygens (including phenoxy) is 1. The number of hydrogen-bond donors (Lipinski definition) is 2. The monoisotopic (exact) mass is 525 g/mol. The molecule has 0 amide bonds. The van der Waals surface area contributed by atoms with Crippen molar-refractivity contribution in [2.75, 3.05) is 23.0 Å². The lowest BCUT2D eigenvalue weighted by atomic mass is 9.94. The van der Waals surface area contributed by atoms with Gasteiger partial charge in [0.05, 0.1) is 30.8 Å². The molecule has 2 aliphatic rings. The second-order valence-corrected chi connectivity index (χ2v) is 11.5. The number of hydrogen-bond acceptors (Lipinski definition) is 5. The zero-order valence-corrected chi connectivity index (χ0v) is 22.1. The van der Waals surface area contributed by atoms with Crippen molar-refractivity contribution in [1.82, 2.24) is 14.9 Å². The van der Waals surface area contributed by atoms with Crippen LogP contribution in [0.5, 0.6) is 5.75 Å². The number of aromatic nitrogens is 2. The van der Waals surface area contributed by atoms with Gasteiger partial charge in [-0.05, 0) is 67.5 Å². The molecule has 0 unspecified atom stereocenters. The molecule has 36 heavy (non-hydrogen) atoms. The van der Waals surface area contributed by atoms with E-state index < -0.39 is 10.0 Å². The summed E-state index contributed by atoms with van der Waals surface area (Å²) in [6.07, 6.45) is 11.2. The van der Waals surface area contributed by atoms with E-state index in [2.05, 4.69) is 42.8 Å². The summed E-state index contributed by atoms with van der Waals surface area (Å²) in [7, 11) is -1.99. The van der Waals surface area contributed by atoms with E-state index in [0.717, 1.165) is 36.2 Å². The minimum Gasteiger partial charge on any atom is -0.495 e. The smallest absolute Gasteiger partial charge is 0.229 e. The second-order valence-electron chi connectivity index (χ2n) is 9.39. The number of anilines is 2. The molecule has 1 aliphatic carbocycles. The maximum Gasteiger partial charge on any atom is 0.229 e. The molecule has 3 heterocycles. The Labute approximate surface area is 217 Å². The number of methoxy groups -OCH3 is 1. The molecule has 0 bridgehead atoms. The fourth-order valence-electron chi connectivity index (χ4n) is 5.41. The summed E-state index contributed by atoms with van der Waals surface area (Å²) in [5, 5.41) is 4.05. The quantitative estimate of drug-likeness (QED) is 0.422. The molecular weight excluding hydrogens is 494 g/mol. The molecular formula is C26H31N5O3S2. The average molecular weight is 526 g/mol. The summed E-state index contributed by atoms with van der Waals surface area (Å²) in [4.78, 5) is 6.72. The van der Waals surface area contributed by atoms with Crippen LogP contribution >= 0.6 is 12.2 Å². The van der Waals surface area contributed by atoms with Crippen molar-refractivity contribution in [3.8, 4) is 5.75 Å². The SMILES string of the molecule is COc1ccc(N2C(=S)N[C@@H](c3ccccn3)[C@H]2c2cccn2C2CCCCC2)cc1NS(C)(=O)=O. The minimum absolute atomic E-state index is 0.177. The van der Waals surface area contributed by atoms with Gasteiger partial charge in [-0.2, -0.15) is 0 Å². The van der Waals surface area contributed by atoms with Gasteiger partial charge in [0.1, 0.15) is 11.8 Å². The third-order valence-electron chi connectivity index (χ3n) is 6.94. The van der Waals surface area contributed by atoms with E-state index in [-0.39, 0.29) is 12.1 Å². The van der Waals surface area contributed by atoms with Crippen LogP contribution in [0.3, 0.4) is 0 Å². The van der Waals surface area contributed by atoms with Gasteiger partial charge in [0, 0.05) is 29.8 Å². The molecule has 1 aliphatic heterocycles. The Morgan fingerprint density at radius 1 is 1.11 bits per heavy atom. The summed E-state index contributed by atoms with van der Waals surface area (Å²) >= 11 is 5.87. The molecule has 1 aromatic carbocycles. The topological polar surface area (TPSA) is 88.5 Å². The van der Waals surface area contributed by atoms with Crippen LogP contribution in [0.2, 0.25) is 0 Å². The third-order valence-corrected chi connectivity index (χ3v) is 7.84. The zero-order chi connectivity index (χ0) is 25.3. The lowest BCUT2D eigenvalue weighted by molar-refractivity contribution is 0.340. The lowest BCUT2D eigenvalue weighted by Gasteiger charge is -2.32. The number of pyridine rings is 1. The lowest BCUT2D eigenvalue weighted by Crippen LogP contribution is -2.31. The molecule has 2 fully saturated rings. The normalized spacial score (nSPS) is 20.8. The molecule has 3 aromatic rings. The maximum absolute atomic E-state index is 12.0. The fraction of sp³-hybridized carbons (Fsp3) is 0.385. The van der Waals surface area contributed by atoms with E-state index in [1.165, 1.54) is 26.4 Å². The van der Waals surface area contributed by atoms with Gasteiger partial charge in [-0.3, -0.25) is 9.71 Å². The van der Waals surface area contributed by atoms with E-state index in [0.29, 0.717) is 22.6 Å². The van der Waals surface area contributed by atoms with Gasteiger partial charge in [0.15, 0.2) is 5.11 Å². The molecule has 0 spiro atoms. The van der Waals surface area contributed by atoms with Gasteiger partial charge < -0.3 is 19.5 Å². The zero-order valence-electron chi connectivity index (χ0n) is 20.4. The number of sulfonamides is 1. The van der Waals surface area contributed by atoms with Crippen LogP contribution < -0.4 is 19.7 Å². The van der Waals surface area contributed by atoms with Crippen LogP contribution in [0.25, 0.3) is 0 Å². The van der Waals surface area contributed by atoms with Gasteiger partial charge in [-0.1, -0.05) is 25.3 Å². The second kappa shape index (κ2) is 10.1. The highest BCUT2D eigenvalue weighted by Gasteiger charge is 2.42. The molecule has 5 rings (SSSR count). The largest absolute Gasteiger partial charge is 0.495 e. The number of benzene rings is 1. The number of nitrogens with one attached hydrogen (secondary N) is 2. The fourth-order valence-corrected chi connectivity index (χ4v) is 6.31. The first-order valence-corrected chi connectivity index (χ1v) is 14.5. The first kappa shape index (κ1) is 24.6. The van der Waals surface area contributed by atoms with E-state index in [1.807, 2.05) is 24.3 Å². The van der Waals surface area contributed by atoms with E-state index in [4.69, 9.17) is 17.0 Å². The number of nitrogens with zero attached hydrogens (tertiary/aromatic N) is 3. The maximum atomic E-state index is 12.0. The van der Waals surface area contributed by atoms with Crippen molar-refractivity contribution in [3.63, 3.8) is 0 Å². The molecule has 1 saturated carbocycles. The first-order valence-electron chi connectivity index (χ1n) is 12.2. The third kappa shape index (κ3) is 4.92. The molecule has 2 N–H and O–H groups in total. The number of rotatable bonds is 7. The van der Waals surface area contributed by atoms with Crippen LogP contribution in [-0.4, -0.2) is 36.4 Å². The van der Waals surface area contributed by atoms with Gasteiger partial charge in [-0.25, -0.2) is 8.42 Å². The molecule has 1 saturated heterocycles. The van der Waals surface area contributed by atoms with E-state index >= 15 is 0 Å². The molecule has 0 radical (unpaired) electrons. The summed E-state index contributed by atoms with van der Waals surface area (Å²) in [5.74, 6) is 0.436. The predicted octanol–water partition coefficient (Wildman–Crippen LogP) is 4.95.